The third-order valence-electron chi connectivity index (χ3n) is 5.85. The summed E-state index contributed by atoms with van der Waals surface area (Å²) >= 11 is 0. The second-order valence-corrected chi connectivity index (χ2v) is 8.82. The van der Waals surface area contributed by atoms with Gasteiger partial charge in [-0.2, -0.15) is 0 Å². The van der Waals surface area contributed by atoms with Gasteiger partial charge in [0, 0.05) is 6.54 Å². The van der Waals surface area contributed by atoms with E-state index in [0.717, 1.165) is 25.9 Å². The van der Waals surface area contributed by atoms with Gasteiger partial charge in [0.1, 0.15) is 6.17 Å². The number of hydrogen-bond donors (Lipinski definition) is 0. The van der Waals surface area contributed by atoms with E-state index < -0.39 is 0 Å². The van der Waals surface area contributed by atoms with Crippen molar-refractivity contribution in [3.05, 3.63) is 70.8 Å². The molecule has 0 saturated carbocycles. The molecule has 3 rings (SSSR count). The van der Waals surface area contributed by atoms with Crippen molar-refractivity contribution in [2.24, 2.45) is 0 Å². The standard InChI is InChI=1S/C25H34N2O/c1-6-19-8-10-20(11-9-19)16-17-27-23(28)18-26(7-2)24(27)21-12-14-22(15-13-21)25(3,4)5/h8-15,24H,6-7,16-18H2,1-5H3. The van der Waals surface area contributed by atoms with E-state index in [1.807, 2.05) is 0 Å². The summed E-state index contributed by atoms with van der Waals surface area (Å²) in [5.74, 6) is 0.233. The van der Waals surface area contributed by atoms with E-state index >= 15 is 0 Å². The molecule has 1 unspecified atom stereocenters. The molecule has 1 atom stereocenters. The number of benzene rings is 2. The molecule has 1 amide bonds. The van der Waals surface area contributed by atoms with E-state index in [9.17, 15) is 4.79 Å². The summed E-state index contributed by atoms with van der Waals surface area (Å²) < 4.78 is 0. The molecule has 3 nitrogen and oxygen atoms in total. The maximum absolute atomic E-state index is 12.8. The molecule has 1 aliphatic heterocycles. The first kappa shape index (κ1) is 20.6. The zero-order chi connectivity index (χ0) is 20.3. The molecule has 2 aromatic rings. The van der Waals surface area contributed by atoms with E-state index in [4.69, 9.17) is 0 Å². The quantitative estimate of drug-likeness (QED) is 0.710. The number of nitrogens with zero attached hydrogens (tertiary/aromatic N) is 2. The summed E-state index contributed by atoms with van der Waals surface area (Å²) in [7, 11) is 0. The average Bonchev–Trinajstić information content (AvgIpc) is 3.01. The first-order valence-corrected chi connectivity index (χ1v) is 10.5. The van der Waals surface area contributed by atoms with Crippen LogP contribution < -0.4 is 0 Å². The number of amides is 1. The number of hydrogen-bond acceptors (Lipinski definition) is 2. The fraction of sp³-hybridized carbons (Fsp3) is 0.480. The smallest absolute Gasteiger partial charge is 0.238 e. The lowest BCUT2D eigenvalue weighted by Gasteiger charge is -2.30. The Bertz CT molecular complexity index is 787. The zero-order valence-electron chi connectivity index (χ0n) is 18.0. The van der Waals surface area contributed by atoms with Crippen LogP contribution in [0, 0.1) is 0 Å². The number of aryl methyl sites for hydroxylation is 1. The Hall–Kier alpha value is -2.13. The van der Waals surface area contributed by atoms with Gasteiger partial charge in [0.25, 0.3) is 0 Å². The molecule has 150 valence electrons. The van der Waals surface area contributed by atoms with Crippen molar-refractivity contribution in [1.29, 1.82) is 0 Å². The fourth-order valence-corrected chi connectivity index (χ4v) is 3.95. The summed E-state index contributed by atoms with van der Waals surface area (Å²) in [6, 6.07) is 17.6. The molecule has 0 N–H and O–H groups in total. The first-order valence-electron chi connectivity index (χ1n) is 10.5. The van der Waals surface area contributed by atoms with Gasteiger partial charge in [0.15, 0.2) is 0 Å². The minimum atomic E-state index is 0.0430. The Kier molecular flexibility index (Phi) is 6.24. The van der Waals surface area contributed by atoms with Gasteiger partial charge in [-0.05, 0) is 47.1 Å². The van der Waals surface area contributed by atoms with Crippen LogP contribution in [0.2, 0.25) is 0 Å². The van der Waals surface area contributed by atoms with Gasteiger partial charge < -0.3 is 4.90 Å². The molecule has 1 saturated heterocycles. The minimum absolute atomic E-state index is 0.0430. The molecule has 0 bridgehead atoms. The Labute approximate surface area is 170 Å². The summed E-state index contributed by atoms with van der Waals surface area (Å²) in [6.07, 6.45) is 1.99. The minimum Gasteiger partial charge on any atom is -0.321 e. The predicted octanol–water partition coefficient (Wildman–Crippen LogP) is 4.95. The van der Waals surface area contributed by atoms with Crippen molar-refractivity contribution in [2.45, 2.75) is 59.0 Å². The van der Waals surface area contributed by atoms with E-state index in [0.29, 0.717) is 6.54 Å². The highest BCUT2D eigenvalue weighted by Crippen LogP contribution is 2.32. The van der Waals surface area contributed by atoms with Crippen molar-refractivity contribution < 1.29 is 4.79 Å². The van der Waals surface area contributed by atoms with Crippen LogP contribution in [0.5, 0.6) is 0 Å². The normalized spacial score (nSPS) is 18.1. The van der Waals surface area contributed by atoms with Gasteiger partial charge in [-0.1, -0.05) is 83.1 Å². The van der Waals surface area contributed by atoms with E-state index in [-0.39, 0.29) is 17.5 Å². The van der Waals surface area contributed by atoms with Crippen LogP contribution in [0.15, 0.2) is 48.5 Å². The molecular weight excluding hydrogens is 344 g/mol. The molecule has 0 spiro atoms. The van der Waals surface area contributed by atoms with Gasteiger partial charge in [-0.3, -0.25) is 9.69 Å². The van der Waals surface area contributed by atoms with Crippen LogP contribution in [-0.4, -0.2) is 35.3 Å². The van der Waals surface area contributed by atoms with Crippen LogP contribution in [0.1, 0.15) is 63.0 Å². The van der Waals surface area contributed by atoms with Gasteiger partial charge in [0.2, 0.25) is 5.91 Å². The fourth-order valence-electron chi connectivity index (χ4n) is 3.95. The number of rotatable bonds is 6. The molecule has 1 fully saturated rings. The summed E-state index contributed by atoms with van der Waals surface area (Å²) in [5.41, 5.74) is 5.32. The van der Waals surface area contributed by atoms with Gasteiger partial charge >= 0.3 is 0 Å². The lowest BCUT2D eigenvalue weighted by molar-refractivity contribution is -0.128. The third kappa shape index (κ3) is 4.47. The van der Waals surface area contributed by atoms with Crippen molar-refractivity contribution >= 4 is 5.91 Å². The van der Waals surface area contributed by atoms with Crippen molar-refractivity contribution in [2.75, 3.05) is 19.6 Å². The van der Waals surface area contributed by atoms with Gasteiger partial charge in [0.05, 0.1) is 6.54 Å². The number of carbonyl (C=O) groups is 1. The number of likely N-dealkylation sites (N-methyl/N-ethyl adjacent to an activating group) is 1. The molecule has 0 aliphatic carbocycles. The highest BCUT2D eigenvalue weighted by molar-refractivity contribution is 5.81. The largest absolute Gasteiger partial charge is 0.321 e. The molecule has 28 heavy (non-hydrogen) atoms. The lowest BCUT2D eigenvalue weighted by Crippen LogP contribution is -2.33. The van der Waals surface area contributed by atoms with Gasteiger partial charge in [-0.25, -0.2) is 0 Å². The Balaban J connectivity index is 1.78. The van der Waals surface area contributed by atoms with Crippen LogP contribution >= 0.6 is 0 Å². The summed E-state index contributed by atoms with van der Waals surface area (Å²) in [6.45, 7) is 13.1. The number of carbonyl (C=O) groups excluding carboxylic acids is 1. The summed E-state index contributed by atoms with van der Waals surface area (Å²) in [5, 5.41) is 0. The van der Waals surface area contributed by atoms with Crippen molar-refractivity contribution in [3.63, 3.8) is 0 Å². The molecule has 3 heteroatoms. The molecule has 2 aromatic carbocycles. The van der Waals surface area contributed by atoms with Crippen LogP contribution in [-0.2, 0) is 23.1 Å². The van der Waals surface area contributed by atoms with Crippen molar-refractivity contribution in [1.82, 2.24) is 9.80 Å². The highest BCUT2D eigenvalue weighted by Gasteiger charge is 2.37. The third-order valence-corrected chi connectivity index (χ3v) is 5.85. The molecular formula is C25H34N2O. The zero-order valence-corrected chi connectivity index (χ0v) is 18.0. The molecule has 0 aromatic heterocycles. The molecule has 0 radical (unpaired) electrons. The monoisotopic (exact) mass is 378 g/mol. The van der Waals surface area contributed by atoms with Crippen LogP contribution in [0.4, 0.5) is 0 Å². The van der Waals surface area contributed by atoms with E-state index in [1.165, 1.54) is 22.3 Å². The summed E-state index contributed by atoms with van der Waals surface area (Å²) in [4.78, 5) is 17.1. The Morgan fingerprint density at radius 2 is 1.54 bits per heavy atom. The van der Waals surface area contributed by atoms with E-state index in [2.05, 4.69) is 92.9 Å². The topological polar surface area (TPSA) is 23.6 Å². The van der Waals surface area contributed by atoms with E-state index in [1.54, 1.807) is 0 Å². The highest BCUT2D eigenvalue weighted by atomic mass is 16.2. The average molecular weight is 379 g/mol. The second-order valence-electron chi connectivity index (χ2n) is 8.82. The SMILES string of the molecule is CCc1ccc(CCN2C(=O)CN(CC)C2c2ccc(C(C)(C)C)cc2)cc1. The molecule has 1 aliphatic rings. The predicted molar refractivity (Wildman–Crippen MR) is 116 cm³/mol. The van der Waals surface area contributed by atoms with Crippen LogP contribution in [0.25, 0.3) is 0 Å². The Morgan fingerprint density at radius 1 is 0.929 bits per heavy atom. The van der Waals surface area contributed by atoms with Gasteiger partial charge in [-0.15, -0.1) is 0 Å². The Morgan fingerprint density at radius 3 is 2.07 bits per heavy atom. The first-order chi connectivity index (χ1) is 13.3. The van der Waals surface area contributed by atoms with Crippen molar-refractivity contribution in [3.8, 4) is 0 Å². The lowest BCUT2D eigenvalue weighted by atomic mass is 9.86. The molecule has 1 heterocycles. The maximum atomic E-state index is 12.8. The maximum Gasteiger partial charge on any atom is 0.238 e. The second kappa shape index (κ2) is 8.48. The van der Waals surface area contributed by atoms with Crippen LogP contribution in [0.3, 0.4) is 0 Å².